The second-order valence-electron chi connectivity index (χ2n) is 2.57. The van der Waals surface area contributed by atoms with Gasteiger partial charge in [-0.25, -0.2) is 0 Å². The number of hydrogen-bond acceptors (Lipinski definition) is 3. The topological polar surface area (TPSA) is 35.5 Å². The van der Waals surface area contributed by atoms with Gasteiger partial charge in [-0.2, -0.15) is 0 Å². The van der Waals surface area contributed by atoms with E-state index < -0.39 is 0 Å². The van der Waals surface area contributed by atoms with Crippen molar-refractivity contribution >= 4 is 0 Å². The molecule has 0 aromatic rings. The van der Waals surface area contributed by atoms with Gasteiger partial charge in [0.15, 0.2) is 0 Å². The summed E-state index contributed by atoms with van der Waals surface area (Å²) < 4.78 is 0. The molecular formula is C7H18N2O. The minimum atomic E-state index is -0.241. The molecule has 2 N–H and O–H groups in total. The molecule has 0 saturated heterocycles. The summed E-state index contributed by atoms with van der Waals surface area (Å²) in [5.74, 6) is 0. The molecule has 3 heteroatoms. The van der Waals surface area contributed by atoms with Crippen LogP contribution >= 0.6 is 0 Å². The Bertz CT molecular complexity index is 78.0. The highest BCUT2D eigenvalue weighted by atomic mass is 16.3. The second-order valence-corrected chi connectivity index (χ2v) is 2.57. The van der Waals surface area contributed by atoms with Crippen LogP contribution in [0.5, 0.6) is 0 Å². The molecule has 62 valence electrons. The molecule has 1 unspecified atom stereocenters. The second kappa shape index (κ2) is 5.65. The van der Waals surface area contributed by atoms with Gasteiger partial charge in [0.2, 0.25) is 0 Å². The number of hydrogen-bond donors (Lipinski definition) is 2. The quantitative estimate of drug-likeness (QED) is 0.550. The molecule has 0 rings (SSSR count). The average molecular weight is 146 g/mol. The number of nitrogens with one attached hydrogen (secondary N) is 1. The number of likely N-dealkylation sites (N-methyl/N-ethyl adjacent to an activating group) is 2. The van der Waals surface area contributed by atoms with Crippen LogP contribution in [0, 0.1) is 0 Å². The lowest BCUT2D eigenvalue weighted by atomic mass is 10.3. The lowest BCUT2D eigenvalue weighted by Crippen LogP contribution is -2.35. The fourth-order valence-electron chi connectivity index (χ4n) is 0.789. The molecule has 10 heavy (non-hydrogen) atoms. The molecule has 0 bridgehead atoms. The number of aliphatic hydroxyl groups excluding tert-OH is 1. The zero-order valence-electron chi connectivity index (χ0n) is 7.09. The van der Waals surface area contributed by atoms with Crippen molar-refractivity contribution in [2.24, 2.45) is 0 Å². The Morgan fingerprint density at radius 2 is 2.20 bits per heavy atom. The summed E-state index contributed by atoms with van der Waals surface area (Å²) in [5, 5.41) is 12.2. The van der Waals surface area contributed by atoms with Gasteiger partial charge in [-0.3, -0.25) is 0 Å². The van der Waals surface area contributed by atoms with E-state index in [0.29, 0.717) is 6.54 Å². The summed E-state index contributed by atoms with van der Waals surface area (Å²) in [5.41, 5.74) is 0. The normalized spacial score (nSPS) is 14.1. The van der Waals surface area contributed by atoms with Crippen molar-refractivity contribution in [1.29, 1.82) is 0 Å². The van der Waals surface area contributed by atoms with Gasteiger partial charge in [0.05, 0.1) is 6.10 Å². The predicted molar refractivity (Wildman–Crippen MR) is 43.1 cm³/mol. The van der Waals surface area contributed by atoms with E-state index in [1.165, 1.54) is 0 Å². The van der Waals surface area contributed by atoms with Crippen LogP contribution < -0.4 is 5.32 Å². The number of aliphatic hydroxyl groups is 1. The Balaban J connectivity index is 3.27. The van der Waals surface area contributed by atoms with E-state index in [1.54, 1.807) is 0 Å². The van der Waals surface area contributed by atoms with E-state index in [4.69, 9.17) is 0 Å². The Hall–Kier alpha value is -0.120. The summed E-state index contributed by atoms with van der Waals surface area (Å²) in [6.45, 7) is 4.48. The summed E-state index contributed by atoms with van der Waals surface area (Å²) in [6.07, 6.45) is -0.241. The summed E-state index contributed by atoms with van der Waals surface area (Å²) in [6, 6.07) is 0. The van der Waals surface area contributed by atoms with Crippen molar-refractivity contribution in [2.45, 2.75) is 13.0 Å². The molecule has 0 amide bonds. The average Bonchev–Trinajstić information content (AvgIpc) is 1.88. The van der Waals surface area contributed by atoms with Crippen molar-refractivity contribution in [2.75, 3.05) is 33.7 Å². The third kappa shape index (κ3) is 4.73. The monoisotopic (exact) mass is 146 g/mol. The van der Waals surface area contributed by atoms with Crippen LogP contribution in [0.15, 0.2) is 0 Å². The zero-order chi connectivity index (χ0) is 7.98. The van der Waals surface area contributed by atoms with Crippen LogP contribution in [0.3, 0.4) is 0 Å². The maximum Gasteiger partial charge on any atom is 0.0791 e. The van der Waals surface area contributed by atoms with Crippen LogP contribution in [0.1, 0.15) is 6.92 Å². The van der Waals surface area contributed by atoms with Crippen LogP contribution in [0.2, 0.25) is 0 Å². The molecule has 0 aromatic heterocycles. The minimum absolute atomic E-state index is 0.241. The van der Waals surface area contributed by atoms with E-state index in [-0.39, 0.29) is 6.10 Å². The Kier molecular flexibility index (Phi) is 5.58. The van der Waals surface area contributed by atoms with Crippen molar-refractivity contribution in [3.8, 4) is 0 Å². The molecule has 0 saturated carbocycles. The van der Waals surface area contributed by atoms with Gasteiger partial charge in [0, 0.05) is 13.1 Å². The lowest BCUT2D eigenvalue weighted by Gasteiger charge is -2.17. The maximum absolute atomic E-state index is 9.25. The first-order valence-electron chi connectivity index (χ1n) is 3.72. The van der Waals surface area contributed by atoms with Crippen molar-refractivity contribution in [3.05, 3.63) is 0 Å². The third-order valence-corrected chi connectivity index (χ3v) is 1.50. The van der Waals surface area contributed by atoms with Gasteiger partial charge in [0.25, 0.3) is 0 Å². The largest absolute Gasteiger partial charge is 0.390 e. The van der Waals surface area contributed by atoms with Gasteiger partial charge < -0.3 is 15.3 Å². The number of nitrogens with zero attached hydrogens (tertiary/aromatic N) is 1. The van der Waals surface area contributed by atoms with Gasteiger partial charge in [-0.15, -0.1) is 0 Å². The summed E-state index contributed by atoms with van der Waals surface area (Å²) in [7, 11) is 3.84. The molecule has 0 fully saturated rings. The predicted octanol–water partition coefficient (Wildman–Crippen LogP) is -0.482. The van der Waals surface area contributed by atoms with Gasteiger partial charge >= 0.3 is 0 Å². The molecule has 3 nitrogen and oxygen atoms in total. The summed E-state index contributed by atoms with van der Waals surface area (Å²) >= 11 is 0. The first-order chi connectivity index (χ1) is 4.70. The fraction of sp³-hybridized carbons (Fsp3) is 1.00. The smallest absolute Gasteiger partial charge is 0.0791 e. The molecular weight excluding hydrogens is 128 g/mol. The van der Waals surface area contributed by atoms with Crippen molar-refractivity contribution in [3.63, 3.8) is 0 Å². The molecule has 0 heterocycles. The molecule has 0 aliphatic rings. The Morgan fingerprint density at radius 3 is 2.60 bits per heavy atom. The summed E-state index contributed by atoms with van der Waals surface area (Å²) in [4.78, 5) is 2.09. The van der Waals surface area contributed by atoms with E-state index in [0.717, 1.165) is 13.1 Å². The SMILES string of the molecule is CCN(C)CC(O)CNC. The zero-order valence-corrected chi connectivity index (χ0v) is 7.09. The molecule has 0 aliphatic heterocycles. The standard InChI is InChI=1S/C7H18N2O/c1-4-9(3)6-7(10)5-8-2/h7-8,10H,4-6H2,1-3H3. The van der Waals surface area contributed by atoms with E-state index in [1.807, 2.05) is 14.1 Å². The van der Waals surface area contributed by atoms with Crippen LogP contribution in [-0.4, -0.2) is 49.8 Å². The molecule has 0 aromatic carbocycles. The first-order valence-corrected chi connectivity index (χ1v) is 3.72. The minimum Gasteiger partial charge on any atom is -0.390 e. The lowest BCUT2D eigenvalue weighted by molar-refractivity contribution is 0.128. The van der Waals surface area contributed by atoms with E-state index in [2.05, 4.69) is 17.1 Å². The van der Waals surface area contributed by atoms with Gasteiger partial charge in [0.1, 0.15) is 0 Å². The van der Waals surface area contributed by atoms with Gasteiger partial charge in [-0.1, -0.05) is 6.92 Å². The fourth-order valence-corrected chi connectivity index (χ4v) is 0.789. The Labute approximate surface area is 63.0 Å². The molecule has 0 radical (unpaired) electrons. The number of rotatable bonds is 5. The molecule has 0 spiro atoms. The highest BCUT2D eigenvalue weighted by molar-refractivity contribution is 4.61. The molecule has 1 atom stereocenters. The van der Waals surface area contributed by atoms with Crippen LogP contribution in [-0.2, 0) is 0 Å². The highest BCUT2D eigenvalue weighted by Crippen LogP contribution is 1.85. The van der Waals surface area contributed by atoms with Crippen molar-refractivity contribution in [1.82, 2.24) is 10.2 Å². The van der Waals surface area contributed by atoms with Gasteiger partial charge in [-0.05, 0) is 20.6 Å². The van der Waals surface area contributed by atoms with Crippen molar-refractivity contribution < 1.29 is 5.11 Å². The third-order valence-electron chi connectivity index (χ3n) is 1.50. The highest BCUT2D eigenvalue weighted by Gasteiger charge is 2.03. The van der Waals surface area contributed by atoms with Crippen LogP contribution in [0.25, 0.3) is 0 Å². The Morgan fingerprint density at radius 1 is 1.60 bits per heavy atom. The first kappa shape index (κ1) is 9.88. The molecule has 0 aliphatic carbocycles. The maximum atomic E-state index is 9.25. The van der Waals surface area contributed by atoms with E-state index >= 15 is 0 Å². The van der Waals surface area contributed by atoms with E-state index in [9.17, 15) is 5.11 Å². The van der Waals surface area contributed by atoms with Crippen LogP contribution in [0.4, 0.5) is 0 Å².